The molecule has 0 bridgehead atoms. The first-order valence-electron chi connectivity index (χ1n) is 6.83. The fourth-order valence-corrected chi connectivity index (χ4v) is 2.18. The molecule has 0 fully saturated rings. The third-order valence-electron chi connectivity index (χ3n) is 3.21. The quantitative estimate of drug-likeness (QED) is 0.933. The highest BCUT2D eigenvalue weighted by Crippen LogP contribution is 2.23. The number of rotatable bonds is 3. The third-order valence-corrected chi connectivity index (χ3v) is 3.21. The van der Waals surface area contributed by atoms with Gasteiger partial charge in [0.2, 0.25) is 0 Å². The SMILES string of the molecule is Cc1ccc(C)c(-c2cc(N)c(=O)n(CC(C)C)n2)c1. The van der Waals surface area contributed by atoms with Gasteiger partial charge in [0.05, 0.1) is 5.69 Å². The predicted octanol–water partition coefficient (Wildman–Crippen LogP) is 2.77. The maximum Gasteiger partial charge on any atom is 0.289 e. The second-order valence-corrected chi connectivity index (χ2v) is 5.68. The fraction of sp³-hybridized carbons (Fsp3) is 0.375. The zero-order valence-electron chi connectivity index (χ0n) is 12.5. The molecule has 1 heterocycles. The van der Waals surface area contributed by atoms with E-state index in [0.717, 1.165) is 22.4 Å². The van der Waals surface area contributed by atoms with Crippen LogP contribution in [0.1, 0.15) is 25.0 Å². The molecule has 2 aromatic rings. The topological polar surface area (TPSA) is 60.9 Å². The first-order valence-corrected chi connectivity index (χ1v) is 6.83. The molecule has 2 rings (SSSR count). The van der Waals surface area contributed by atoms with Gasteiger partial charge in [-0.15, -0.1) is 0 Å². The Kier molecular flexibility index (Phi) is 3.93. The lowest BCUT2D eigenvalue weighted by Crippen LogP contribution is -2.27. The number of hydrogen-bond acceptors (Lipinski definition) is 3. The number of nitrogen functional groups attached to an aromatic ring is 1. The predicted molar refractivity (Wildman–Crippen MR) is 82.7 cm³/mol. The molecule has 0 amide bonds. The second kappa shape index (κ2) is 5.49. The van der Waals surface area contributed by atoms with Crippen LogP contribution in [0.2, 0.25) is 0 Å². The fourth-order valence-electron chi connectivity index (χ4n) is 2.18. The van der Waals surface area contributed by atoms with Crippen LogP contribution in [0.25, 0.3) is 11.3 Å². The number of aryl methyl sites for hydroxylation is 2. The Morgan fingerprint density at radius 2 is 1.95 bits per heavy atom. The summed E-state index contributed by atoms with van der Waals surface area (Å²) in [5.74, 6) is 0.341. The third kappa shape index (κ3) is 2.90. The summed E-state index contributed by atoms with van der Waals surface area (Å²) in [6, 6.07) is 7.86. The van der Waals surface area contributed by atoms with E-state index in [1.807, 2.05) is 13.8 Å². The van der Waals surface area contributed by atoms with Crippen molar-refractivity contribution in [3.63, 3.8) is 0 Å². The lowest BCUT2D eigenvalue weighted by Gasteiger charge is -2.12. The van der Waals surface area contributed by atoms with Crippen LogP contribution in [-0.4, -0.2) is 9.78 Å². The molecule has 106 valence electrons. The van der Waals surface area contributed by atoms with Crippen molar-refractivity contribution < 1.29 is 0 Å². The van der Waals surface area contributed by atoms with Crippen molar-refractivity contribution in [2.75, 3.05) is 5.73 Å². The molecule has 0 saturated heterocycles. The molecule has 0 saturated carbocycles. The van der Waals surface area contributed by atoms with E-state index in [1.54, 1.807) is 6.07 Å². The van der Waals surface area contributed by atoms with Gasteiger partial charge in [0.1, 0.15) is 5.69 Å². The van der Waals surface area contributed by atoms with Crippen LogP contribution in [0.15, 0.2) is 29.1 Å². The maximum atomic E-state index is 12.0. The summed E-state index contributed by atoms with van der Waals surface area (Å²) in [5.41, 5.74) is 9.94. The lowest BCUT2D eigenvalue weighted by molar-refractivity contribution is 0.466. The van der Waals surface area contributed by atoms with Gasteiger partial charge in [0.25, 0.3) is 5.56 Å². The molecule has 0 aliphatic rings. The molecule has 0 atom stereocenters. The van der Waals surface area contributed by atoms with E-state index >= 15 is 0 Å². The molecule has 0 aliphatic heterocycles. The molecule has 0 unspecified atom stereocenters. The molecule has 0 radical (unpaired) electrons. The normalized spacial score (nSPS) is 11.1. The van der Waals surface area contributed by atoms with Crippen molar-refractivity contribution >= 4 is 5.69 Å². The van der Waals surface area contributed by atoms with Gasteiger partial charge in [0.15, 0.2) is 0 Å². The summed E-state index contributed by atoms with van der Waals surface area (Å²) in [6.07, 6.45) is 0. The molecule has 20 heavy (non-hydrogen) atoms. The highest BCUT2D eigenvalue weighted by molar-refractivity contribution is 5.66. The lowest BCUT2D eigenvalue weighted by atomic mass is 10.0. The monoisotopic (exact) mass is 271 g/mol. The van der Waals surface area contributed by atoms with E-state index < -0.39 is 0 Å². The molecule has 1 aromatic carbocycles. The van der Waals surface area contributed by atoms with Crippen molar-refractivity contribution in [3.05, 3.63) is 45.7 Å². The molecule has 4 nitrogen and oxygen atoms in total. The minimum absolute atomic E-state index is 0.215. The summed E-state index contributed by atoms with van der Waals surface area (Å²) in [4.78, 5) is 12.0. The minimum Gasteiger partial charge on any atom is -0.394 e. The van der Waals surface area contributed by atoms with Crippen molar-refractivity contribution in [3.8, 4) is 11.3 Å². The number of aromatic nitrogens is 2. The number of nitrogens with two attached hydrogens (primary N) is 1. The second-order valence-electron chi connectivity index (χ2n) is 5.68. The van der Waals surface area contributed by atoms with Gasteiger partial charge in [-0.3, -0.25) is 4.79 Å². The smallest absolute Gasteiger partial charge is 0.289 e. The van der Waals surface area contributed by atoms with Crippen LogP contribution in [0, 0.1) is 19.8 Å². The van der Waals surface area contributed by atoms with Gasteiger partial charge >= 0.3 is 0 Å². The Labute approximate surface area is 119 Å². The zero-order valence-corrected chi connectivity index (χ0v) is 12.5. The molecular formula is C16H21N3O. The first-order chi connectivity index (χ1) is 9.38. The summed E-state index contributed by atoms with van der Waals surface area (Å²) >= 11 is 0. The summed E-state index contributed by atoms with van der Waals surface area (Å²) < 4.78 is 1.47. The van der Waals surface area contributed by atoms with Crippen molar-refractivity contribution in [1.29, 1.82) is 0 Å². The number of benzene rings is 1. The van der Waals surface area contributed by atoms with Gasteiger partial charge in [-0.1, -0.05) is 31.5 Å². The van der Waals surface area contributed by atoms with E-state index in [9.17, 15) is 4.79 Å². The molecule has 4 heteroatoms. The van der Waals surface area contributed by atoms with Crippen LogP contribution in [0.3, 0.4) is 0 Å². The van der Waals surface area contributed by atoms with E-state index in [0.29, 0.717) is 12.5 Å². The number of anilines is 1. The van der Waals surface area contributed by atoms with Crippen LogP contribution < -0.4 is 11.3 Å². The van der Waals surface area contributed by atoms with Gasteiger partial charge in [-0.05, 0) is 37.5 Å². The van der Waals surface area contributed by atoms with Gasteiger partial charge in [-0.25, -0.2) is 4.68 Å². The Hall–Kier alpha value is -2.10. The van der Waals surface area contributed by atoms with Crippen molar-refractivity contribution in [1.82, 2.24) is 9.78 Å². The molecule has 1 aromatic heterocycles. The zero-order chi connectivity index (χ0) is 14.9. The van der Waals surface area contributed by atoms with E-state index in [-0.39, 0.29) is 11.2 Å². The average Bonchev–Trinajstić information content (AvgIpc) is 2.37. The maximum absolute atomic E-state index is 12.0. The first kappa shape index (κ1) is 14.3. The van der Waals surface area contributed by atoms with E-state index in [4.69, 9.17) is 5.73 Å². The molecule has 0 spiro atoms. The standard InChI is InChI=1S/C16H21N3O/c1-10(2)9-19-16(20)14(17)8-15(18-19)13-7-11(3)5-6-12(13)4/h5-8,10H,9,17H2,1-4H3. The highest BCUT2D eigenvalue weighted by Gasteiger charge is 2.10. The number of hydrogen-bond donors (Lipinski definition) is 1. The summed E-state index contributed by atoms with van der Waals surface area (Å²) in [5, 5.41) is 4.47. The van der Waals surface area contributed by atoms with Gasteiger partial charge < -0.3 is 5.73 Å². The summed E-state index contributed by atoms with van der Waals surface area (Å²) in [7, 11) is 0. The van der Waals surface area contributed by atoms with Crippen LogP contribution in [0.4, 0.5) is 5.69 Å². The van der Waals surface area contributed by atoms with Gasteiger partial charge in [0, 0.05) is 12.1 Å². The van der Waals surface area contributed by atoms with Crippen LogP contribution >= 0.6 is 0 Å². The van der Waals surface area contributed by atoms with Crippen LogP contribution in [0.5, 0.6) is 0 Å². The molecule has 0 aliphatic carbocycles. The van der Waals surface area contributed by atoms with Gasteiger partial charge in [-0.2, -0.15) is 5.10 Å². The molecule has 2 N–H and O–H groups in total. The van der Waals surface area contributed by atoms with Crippen molar-refractivity contribution in [2.45, 2.75) is 34.2 Å². The largest absolute Gasteiger partial charge is 0.394 e. The summed E-state index contributed by atoms with van der Waals surface area (Å²) in [6.45, 7) is 8.74. The Balaban J connectivity index is 2.60. The van der Waals surface area contributed by atoms with E-state index in [1.165, 1.54) is 4.68 Å². The Morgan fingerprint density at radius 3 is 2.60 bits per heavy atom. The molecular weight excluding hydrogens is 250 g/mol. The highest BCUT2D eigenvalue weighted by atomic mass is 16.1. The van der Waals surface area contributed by atoms with Crippen molar-refractivity contribution in [2.24, 2.45) is 5.92 Å². The Bertz CT molecular complexity index is 687. The number of nitrogens with zero attached hydrogens (tertiary/aromatic N) is 2. The van der Waals surface area contributed by atoms with Crippen LogP contribution in [-0.2, 0) is 6.54 Å². The van der Waals surface area contributed by atoms with E-state index in [2.05, 4.69) is 37.1 Å². The Morgan fingerprint density at radius 1 is 1.25 bits per heavy atom. The average molecular weight is 271 g/mol. The minimum atomic E-state index is -0.215.